The zero-order chi connectivity index (χ0) is 17.0. The zero-order valence-electron chi connectivity index (χ0n) is 12.8. The van der Waals surface area contributed by atoms with E-state index in [0.717, 1.165) is 0 Å². The first-order valence-corrected chi connectivity index (χ1v) is 8.60. The van der Waals surface area contributed by atoms with Crippen LogP contribution in [0.4, 0.5) is 0 Å². The second-order valence-corrected chi connectivity index (χ2v) is 6.88. The molecule has 124 valence electrons. The van der Waals surface area contributed by atoms with Crippen molar-refractivity contribution in [3.8, 4) is 11.3 Å². The normalized spacial score (nSPS) is 14.3. The van der Waals surface area contributed by atoms with Crippen LogP contribution >= 0.6 is 0 Å². The predicted molar refractivity (Wildman–Crippen MR) is 83.1 cm³/mol. The van der Waals surface area contributed by atoms with Gasteiger partial charge in [-0.25, -0.2) is 8.42 Å². The Bertz CT molecular complexity index is 771. The van der Waals surface area contributed by atoms with Crippen LogP contribution in [0.1, 0.15) is 20.3 Å². The van der Waals surface area contributed by atoms with Crippen molar-refractivity contribution in [2.24, 2.45) is 5.92 Å². The Morgan fingerprint density at radius 3 is 2.61 bits per heavy atom. The molecule has 0 aliphatic carbocycles. The molecule has 7 nitrogen and oxygen atoms in total. The SMILES string of the molecule is CC[C@H](C)[C@H](NS(=O)(=O)c1ccccc1-c1ccno1)C(=O)O. The van der Waals surface area contributed by atoms with Crippen molar-refractivity contribution in [3.63, 3.8) is 0 Å². The van der Waals surface area contributed by atoms with E-state index < -0.39 is 22.0 Å². The second kappa shape index (κ2) is 6.93. The highest BCUT2D eigenvalue weighted by molar-refractivity contribution is 7.89. The molecule has 23 heavy (non-hydrogen) atoms. The zero-order valence-corrected chi connectivity index (χ0v) is 13.6. The summed E-state index contributed by atoms with van der Waals surface area (Å²) in [6.07, 6.45) is 1.94. The van der Waals surface area contributed by atoms with Crippen LogP contribution < -0.4 is 4.72 Å². The molecule has 0 aliphatic rings. The van der Waals surface area contributed by atoms with Gasteiger partial charge in [-0.15, -0.1) is 0 Å². The maximum atomic E-state index is 12.6. The molecule has 0 unspecified atom stereocenters. The van der Waals surface area contributed by atoms with Crippen LogP contribution in [0.5, 0.6) is 0 Å². The molecule has 2 N–H and O–H groups in total. The predicted octanol–water partition coefficient (Wildman–Crippen LogP) is 2.12. The molecule has 1 heterocycles. The first kappa shape index (κ1) is 17.2. The van der Waals surface area contributed by atoms with Crippen molar-refractivity contribution < 1.29 is 22.8 Å². The van der Waals surface area contributed by atoms with Gasteiger partial charge < -0.3 is 9.63 Å². The monoisotopic (exact) mass is 338 g/mol. The van der Waals surface area contributed by atoms with Crippen LogP contribution in [0.3, 0.4) is 0 Å². The molecule has 0 bridgehead atoms. The van der Waals surface area contributed by atoms with Crippen molar-refractivity contribution in [3.05, 3.63) is 36.5 Å². The number of hydrogen-bond donors (Lipinski definition) is 2. The van der Waals surface area contributed by atoms with Crippen LogP contribution in [0.25, 0.3) is 11.3 Å². The third-order valence-electron chi connectivity index (χ3n) is 3.64. The molecular formula is C15H18N2O5S. The summed E-state index contributed by atoms with van der Waals surface area (Å²) < 4.78 is 32.6. The van der Waals surface area contributed by atoms with Crippen molar-refractivity contribution in [1.82, 2.24) is 9.88 Å². The number of carbonyl (C=O) groups is 1. The van der Waals surface area contributed by atoms with E-state index >= 15 is 0 Å². The summed E-state index contributed by atoms with van der Waals surface area (Å²) in [5.74, 6) is -1.26. The van der Waals surface area contributed by atoms with Crippen LogP contribution in [-0.4, -0.2) is 30.7 Å². The average Bonchev–Trinajstić information content (AvgIpc) is 3.06. The molecule has 0 spiro atoms. The third kappa shape index (κ3) is 3.77. The van der Waals surface area contributed by atoms with Gasteiger partial charge in [0, 0.05) is 11.6 Å². The molecule has 2 rings (SSSR count). The lowest BCUT2D eigenvalue weighted by atomic mass is 10.0. The number of nitrogens with one attached hydrogen (secondary N) is 1. The minimum absolute atomic E-state index is 0.0497. The highest BCUT2D eigenvalue weighted by Gasteiger charge is 2.31. The lowest BCUT2D eigenvalue weighted by Crippen LogP contribution is -2.45. The molecule has 1 aromatic carbocycles. The Hall–Kier alpha value is -2.19. The number of nitrogens with zero attached hydrogens (tertiary/aromatic N) is 1. The van der Waals surface area contributed by atoms with Crippen molar-refractivity contribution in [2.45, 2.75) is 31.2 Å². The molecule has 0 amide bonds. The summed E-state index contributed by atoms with van der Waals surface area (Å²) in [7, 11) is -4.03. The molecule has 0 fully saturated rings. The number of hydrogen-bond acceptors (Lipinski definition) is 5. The van der Waals surface area contributed by atoms with E-state index in [2.05, 4.69) is 9.88 Å². The molecule has 0 radical (unpaired) electrons. The van der Waals surface area contributed by atoms with E-state index in [4.69, 9.17) is 4.52 Å². The molecule has 2 atom stereocenters. The first-order valence-electron chi connectivity index (χ1n) is 7.12. The van der Waals surface area contributed by atoms with Crippen molar-refractivity contribution >= 4 is 16.0 Å². The fourth-order valence-corrected chi connectivity index (χ4v) is 3.65. The number of benzene rings is 1. The van der Waals surface area contributed by atoms with E-state index in [1.807, 2.05) is 0 Å². The number of carboxylic acid groups (broad SMARTS) is 1. The lowest BCUT2D eigenvalue weighted by molar-refractivity contribution is -0.140. The van der Waals surface area contributed by atoms with Crippen LogP contribution in [-0.2, 0) is 14.8 Å². The average molecular weight is 338 g/mol. The van der Waals surface area contributed by atoms with E-state index in [1.165, 1.54) is 18.3 Å². The highest BCUT2D eigenvalue weighted by Crippen LogP contribution is 2.27. The first-order chi connectivity index (χ1) is 10.9. The van der Waals surface area contributed by atoms with Gasteiger partial charge in [0.05, 0.1) is 11.1 Å². The quantitative estimate of drug-likeness (QED) is 0.800. The van der Waals surface area contributed by atoms with Crippen molar-refractivity contribution in [1.29, 1.82) is 0 Å². The van der Waals surface area contributed by atoms with Gasteiger partial charge >= 0.3 is 5.97 Å². The Balaban J connectivity index is 2.43. The summed E-state index contributed by atoms with van der Waals surface area (Å²) in [4.78, 5) is 11.3. The largest absolute Gasteiger partial charge is 0.480 e. The number of aliphatic carboxylic acids is 1. The second-order valence-electron chi connectivity index (χ2n) is 5.20. The van der Waals surface area contributed by atoms with E-state index in [-0.39, 0.29) is 10.8 Å². The summed E-state index contributed by atoms with van der Waals surface area (Å²) in [6.45, 7) is 3.49. The van der Waals surface area contributed by atoms with Gasteiger partial charge in [0.1, 0.15) is 6.04 Å². The number of rotatable bonds is 7. The summed E-state index contributed by atoms with van der Waals surface area (Å²) in [5.41, 5.74) is 0.325. The van der Waals surface area contributed by atoms with E-state index in [0.29, 0.717) is 17.7 Å². The highest BCUT2D eigenvalue weighted by atomic mass is 32.2. The Morgan fingerprint density at radius 2 is 2.04 bits per heavy atom. The Morgan fingerprint density at radius 1 is 1.35 bits per heavy atom. The Kier molecular flexibility index (Phi) is 5.17. The van der Waals surface area contributed by atoms with Gasteiger partial charge in [-0.05, 0) is 18.1 Å². The minimum Gasteiger partial charge on any atom is -0.480 e. The molecule has 0 aliphatic heterocycles. The van der Waals surface area contributed by atoms with Gasteiger partial charge in [-0.1, -0.05) is 37.6 Å². The van der Waals surface area contributed by atoms with E-state index in [9.17, 15) is 18.3 Å². The standard InChI is InChI=1S/C15H18N2O5S/c1-3-10(2)14(15(18)19)17-23(20,21)13-7-5-4-6-11(13)12-8-9-16-22-12/h4-10,14,17H,3H2,1-2H3,(H,18,19)/t10-,14-/m0/s1. The van der Waals surface area contributed by atoms with Gasteiger partial charge in [0.15, 0.2) is 5.76 Å². The van der Waals surface area contributed by atoms with E-state index in [1.54, 1.807) is 32.0 Å². The number of carboxylic acids is 1. The number of aromatic nitrogens is 1. The molecule has 2 aromatic rings. The number of sulfonamides is 1. The van der Waals surface area contributed by atoms with Gasteiger partial charge in [-0.2, -0.15) is 4.72 Å². The van der Waals surface area contributed by atoms with Crippen LogP contribution in [0.2, 0.25) is 0 Å². The third-order valence-corrected chi connectivity index (χ3v) is 5.14. The lowest BCUT2D eigenvalue weighted by Gasteiger charge is -2.20. The van der Waals surface area contributed by atoms with Crippen LogP contribution in [0.15, 0.2) is 45.9 Å². The molecule has 1 aromatic heterocycles. The maximum absolute atomic E-state index is 12.6. The smallest absolute Gasteiger partial charge is 0.322 e. The maximum Gasteiger partial charge on any atom is 0.322 e. The summed E-state index contributed by atoms with van der Waals surface area (Å²) in [5, 5.41) is 12.9. The molecular weight excluding hydrogens is 320 g/mol. The van der Waals surface area contributed by atoms with Gasteiger partial charge in [-0.3, -0.25) is 4.79 Å². The molecule has 0 saturated heterocycles. The van der Waals surface area contributed by atoms with Crippen molar-refractivity contribution in [2.75, 3.05) is 0 Å². The summed E-state index contributed by atoms with van der Waals surface area (Å²) in [6, 6.07) is 6.54. The van der Waals surface area contributed by atoms with Crippen LogP contribution in [0, 0.1) is 5.92 Å². The molecule has 8 heteroatoms. The summed E-state index contributed by atoms with van der Waals surface area (Å²) >= 11 is 0. The van der Waals surface area contributed by atoms with Gasteiger partial charge in [0.25, 0.3) is 0 Å². The minimum atomic E-state index is -4.03. The Labute approximate surface area is 134 Å². The fraction of sp³-hybridized carbons (Fsp3) is 0.333. The topological polar surface area (TPSA) is 110 Å². The fourth-order valence-electron chi connectivity index (χ4n) is 2.14. The molecule has 0 saturated carbocycles. The van der Waals surface area contributed by atoms with Gasteiger partial charge in [0.2, 0.25) is 10.0 Å².